The van der Waals surface area contributed by atoms with E-state index < -0.39 is 0 Å². The number of aliphatic imine (C=N–C) groups is 1. The van der Waals surface area contributed by atoms with Crippen molar-refractivity contribution in [2.45, 2.75) is 45.6 Å². The van der Waals surface area contributed by atoms with Gasteiger partial charge in [-0.3, -0.25) is 9.69 Å². The molecule has 1 atom stereocenters. The van der Waals surface area contributed by atoms with Gasteiger partial charge in [0.15, 0.2) is 5.96 Å². The van der Waals surface area contributed by atoms with Crippen molar-refractivity contribution in [1.29, 1.82) is 0 Å². The van der Waals surface area contributed by atoms with E-state index in [9.17, 15) is 4.79 Å². The first kappa shape index (κ1) is 22.4. The fourth-order valence-electron chi connectivity index (χ4n) is 2.76. The lowest BCUT2D eigenvalue weighted by Gasteiger charge is -2.35. The van der Waals surface area contributed by atoms with Crippen LogP contribution in [0.1, 0.15) is 39.5 Å². The van der Waals surface area contributed by atoms with E-state index in [1.165, 1.54) is 32.2 Å². The minimum absolute atomic E-state index is 0. The third-order valence-electron chi connectivity index (χ3n) is 4.13. The summed E-state index contributed by atoms with van der Waals surface area (Å²) in [4.78, 5) is 20.1. The van der Waals surface area contributed by atoms with Crippen LogP contribution in [0.25, 0.3) is 0 Å². The predicted molar refractivity (Wildman–Crippen MR) is 108 cm³/mol. The minimum Gasteiger partial charge on any atom is -0.357 e. The zero-order valence-electron chi connectivity index (χ0n) is 15.1. The Kier molecular flexibility index (Phi) is 12.5. The van der Waals surface area contributed by atoms with Crippen LogP contribution in [-0.4, -0.2) is 74.5 Å². The molecule has 0 radical (unpaired) electrons. The second kappa shape index (κ2) is 12.8. The van der Waals surface area contributed by atoms with Gasteiger partial charge in [-0.15, -0.1) is 24.0 Å². The Labute approximate surface area is 158 Å². The van der Waals surface area contributed by atoms with Gasteiger partial charge in [-0.1, -0.05) is 13.3 Å². The number of carbonyl (C=O) groups excluding carboxylic acids is 1. The smallest absolute Gasteiger partial charge is 0.243 e. The van der Waals surface area contributed by atoms with E-state index in [4.69, 9.17) is 0 Å². The number of guanidine groups is 1. The fraction of sp³-hybridized carbons (Fsp3) is 0.875. The molecule has 1 unspecified atom stereocenters. The first-order valence-corrected chi connectivity index (χ1v) is 8.54. The summed E-state index contributed by atoms with van der Waals surface area (Å²) in [6, 6.07) is 0.727. The van der Waals surface area contributed by atoms with E-state index in [2.05, 4.69) is 27.4 Å². The molecule has 0 spiro atoms. The van der Waals surface area contributed by atoms with Gasteiger partial charge in [-0.25, -0.2) is 4.99 Å². The molecule has 7 heteroatoms. The quantitative estimate of drug-likeness (QED) is 0.359. The highest BCUT2D eigenvalue weighted by Crippen LogP contribution is 2.18. The summed E-state index contributed by atoms with van der Waals surface area (Å²) in [6.45, 7) is 8.38. The van der Waals surface area contributed by atoms with Crippen molar-refractivity contribution < 1.29 is 4.79 Å². The molecule has 1 aliphatic rings. The molecule has 1 saturated heterocycles. The maximum Gasteiger partial charge on any atom is 0.243 e. The maximum atomic E-state index is 11.6. The molecule has 136 valence electrons. The van der Waals surface area contributed by atoms with Crippen molar-refractivity contribution in [3.8, 4) is 0 Å². The number of nitrogens with one attached hydrogen (secondary N) is 2. The van der Waals surface area contributed by atoms with E-state index in [-0.39, 0.29) is 36.4 Å². The van der Waals surface area contributed by atoms with Gasteiger partial charge in [0.2, 0.25) is 5.91 Å². The van der Waals surface area contributed by atoms with Crippen LogP contribution < -0.4 is 10.6 Å². The molecular formula is C16H34IN5O. The number of piperidine rings is 1. The van der Waals surface area contributed by atoms with Gasteiger partial charge in [-0.05, 0) is 32.7 Å². The number of carbonyl (C=O) groups is 1. The number of amides is 1. The Morgan fingerprint density at radius 3 is 2.61 bits per heavy atom. The lowest BCUT2D eigenvalue weighted by molar-refractivity contribution is -0.127. The summed E-state index contributed by atoms with van der Waals surface area (Å²) in [7, 11) is 3.50. The highest BCUT2D eigenvalue weighted by atomic mass is 127. The van der Waals surface area contributed by atoms with Crippen molar-refractivity contribution in [2.75, 3.05) is 46.8 Å². The number of hydrogen-bond acceptors (Lipinski definition) is 3. The Bertz CT molecular complexity index is 362. The molecule has 1 aliphatic heterocycles. The van der Waals surface area contributed by atoms with Crippen LogP contribution in [0, 0.1) is 0 Å². The normalized spacial score (nSPS) is 19.0. The van der Waals surface area contributed by atoms with Gasteiger partial charge in [0, 0.05) is 39.8 Å². The maximum absolute atomic E-state index is 11.6. The summed E-state index contributed by atoms with van der Waals surface area (Å²) in [5.74, 6) is 0.738. The molecule has 0 bridgehead atoms. The summed E-state index contributed by atoms with van der Waals surface area (Å²) >= 11 is 0. The van der Waals surface area contributed by atoms with Gasteiger partial charge in [0.25, 0.3) is 0 Å². The van der Waals surface area contributed by atoms with Crippen LogP contribution in [0.2, 0.25) is 0 Å². The van der Waals surface area contributed by atoms with Crippen molar-refractivity contribution in [1.82, 2.24) is 20.4 Å². The van der Waals surface area contributed by atoms with Crippen molar-refractivity contribution in [3.05, 3.63) is 0 Å². The zero-order valence-corrected chi connectivity index (χ0v) is 17.4. The van der Waals surface area contributed by atoms with Gasteiger partial charge in [0.05, 0.1) is 0 Å². The van der Waals surface area contributed by atoms with Crippen LogP contribution in [0.3, 0.4) is 0 Å². The fourth-order valence-corrected chi connectivity index (χ4v) is 2.76. The number of halogens is 1. The summed E-state index contributed by atoms with van der Waals surface area (Å²) in [5, 5.41) is 6.52. The van der Waals surface area contributed by atoms with Gasteiger partial charge < -0.3 is 15.5 Å². The minimum atomic E-state index is 0. The summed E-state index contributed by atoms with van der Waals surface area (Å²) in [6.07, 6.45) is 5.22. The number of nitrogens with zero attached hydrogens (tertiary/aromatic N) is 3. The third kappa shape index (κ3) is 8.74. The number of hydrogen-bond donors (Lipinski definition) is 2. The van der Waals surface area contributed by atoms with Crippen molar-refractivity contribution in [3.63, 3.8) is 0 Å². The van der Waals surface area contributed by atoms with E-state index in [0.717, 1.165) is 31.6 Å². The highest BCUT2D eigenvalue weighted by molar-refractivity contribution is 14.0. The third-order valence-corrected chi connectivity index (χ3v) is 4.13. The first-order chi connectivity index (χ1) is 10.6. The second-order valence-corrected chi connectivity index (χ2v) is 6.00. The molecule has 1 heterocycles. The van der Waals surface area contributed by atoms with E-state index in [0.29, 0.717) is 0 Å². The average molecular weight is 439 g/mol. The molecule has 0 aromatic rings. The molecule has 1 rings (SSSR count). The Morgan fingerprint density at radius 1 is 1.26 bits per heavy atom. The number of likely N-dealkylation sites (tertiary alicyclic amines) is 1. The van der Waals surface area contributed by atoms with Crippen LogP contribution in [0.15, 0.2) is 4.99 Å². The Hall–Kier alpha value is -0.570. The van der Waals surface area contributed by atoms with Crippen molar-refractivity contribution >= 4 is 35.8 Å². The highest BCUT2D eigenvalue weighted by Gasteiger charge is 2.19. The molecule has 0 aromatic carbocycles. The summed E-state index contributed by atoms with van der Waals surface area (Å²) in [5.41, 5.74) is 0. The Morgan fingerprint density at radius 2 is 2.00 bits per heavy atom. The van der Waals surface area contributed by atoms with E-state index in [1.807, 2.05) is 6.92 Å². The molecule has 0 aromatic heterocycles. The standard InChI is InChI=1S/C16H33N5O.HI/c1-5-14-9-7-8-11-21(14)12-10-18-16(17-6-2)19-13-15(22)20(3)4;/h14H,5-13H2,1-4H3,(H2,17,18,19);1H. The van der Waals surface area contributed by atoms with Gasteiger partial charge in [-0.2, -0.15) is 0 Å². The monoisotopic (exact) mass is 439 g/mol. The predicted octanol–water partition coefficient (Wildman–Crippen LogP) is 1.51. The largest absolute Gasteiger partial charge is 0.357 e. The molecule has 6 nitrogen and oxygen atoms in total. The summed E-state index contributed by atoms with van der Waals surface area (Å²) < 4.78 is 0. The zero-order chi connectivity index (χ0) is 16.4. The van der Waals surface area contributed by atoms with Crippen molar-refractivity contribution in [2.24, 2.45) is 4.99 Å². The topological polar surface area (TPSA) is 60.0 Å². The SMILES string of the molecule is CCNC(=NCC(=O)N(C)C)NCCN1CCCCC1CC.I. The molecular weight excluding hydrogens is 405 g/mol. The van der Waals surface area contributed by atoms with Gasteiger partial charge in [0.1, 0.15) is 6.54 Å². The van der Waals surface area contributed by atoms with Crippen LogP contribution >= 0.6 is 24.0 Å². The van der Waals surface area contributed by atoms with Gasteiger partial charge >= 0.3 is 0 Å². The second-order valence-electron chi connectivity index (χ2n) is 6.00. The average Bonchev–Trinajstić information content (AvgIpc) is 2.52. The molecule has 0 aliphatic carbocycles. The van der Waals surface area contributed by atoms with E-state index >= 15 is 0 Å². The number of rotatable bonds is 7. The lowest BCUT2D eigenvalue weighted by atomic mass is 10.0. The Balaban J connectivity index is 0.00000484. The molecule has 1 fully saturated rings. The number of likely N-dealkylation sites (N-methyl/N-ethyl adjacent to an activating group) is 1. The van der Waals surface area contributed by atoms with Crippen LogP contribution in [0.5, 0.6) is 0 Å². The molecule has 1 amide bonds. The molecule has 2 N–H and O–H groups in total. The molecule has 23 heavy (non-hydrogen) atoms. The lowest BCUT2D eigenvalue weighted by Crippen LogP contribution is -2.46. The van der Waals surface area contributed by atoms with E-state index in [1.54, 1.807) is 19.0 Å². The van der Waals surface area contributed by atoms with Crippen LogP contribution in [-0.2, 0) is 4.79 Å². The molecule has 0 saturated carbocycles. The van der Waals surface area contributed by atoms with Crippen LogP contribution in [0.4, 0.5) is 0 Å². The first-order valence-electron chi connectivity index (χ1n) is 8.54.